The molecule has 0 saturated carbocycles. The van der Waals surface area contributed by atoms with Crippen LogP contribution >= 0.6 is 24.2 Å². The van der Waals surface area contributed by atoms with Crippen LogP contribution < -0.4 is 11.1 Å². The lowest BCUT2D eigenvalue weighted by Crippen LogP contribution is -2.23. The smallest absolute Gasteiger partial charge is 0.288 e. The molecule has 0 aliphatic rings. The van der Waals surface area contributed by atoms with E-state index in [0.717, 1.165) is 0 Å². The van der Waals surface area contributed by atoms with E-state index in [0.29, 0.717) is 22.3 Å². The maximum atomic E-state index is 12.1. The topological polar surface area (TPSA) is 55.1 Å². The minimum Gasteiger partial charge on any atom is -0.327 e. The average Bonchev–Trinajstić information content (AvgIpc) is 2.18. The molecule has 0 fully saturated rings. The van der Waals surface area contributed by atoms with Crippen LogP contribution in [-0.2, 0) is 4.79 Å². The Kier molecular flexibility index (Phi) is 7.90. The van der Waals surface area contributed by atoms with Crippen molar-refractivity contribution in [2.24, 2.45) is 5.73 Å². The van der Waals surface area contributed by atoms with Crippen molar-refractivity contribution in [3.05, 3.63) is 24.3 Å². The molecule has 0 heterocycles. The summed E-state index contributed by atoms with van der Waals surface area (Å²) in [6.45, 7) is 1.74. The van der Waals surface area contributed by atoms with Crippen LogP contribution in [0.4, 0.5) is 14.5 Å². The van der Waals surface area contributed by atoms with Crippen molar-refractivity contribution in [1.82, 2.24) is 0 Å². The summed E-state index contributed by atoms with van der Waals surface area (Å²) < 4.78 is 24.1. The summed E-state index contributed by atoms with van der Waals surface area (Å²) in [5.41, 5.74) is 6.06. The molecule has 18 heavy (non-hydrogen) atoms. The molecule has 1 aromatic rings. The number of benzene rings is 1. The minimum absolute atomic E-state index is 0. The molecule has 0 bridgehead atoms. The van der Waals surface area contributed by atoms with Gasteiger partial charge in [0.2, 0.25) is 5.91 Å². The van der Waals surface area contributed by atoms with Gasteiger partial charge in [-0.2, -0.15) is 8.78 Å². The number of rotatable bonds is 5. The Morgan fingerprint density at radius 2 is 1.94 bits per heavy atom. The largest absolute Gasteiger partial charge is 0.327 e. The second-order valence-electron chi connectivity index (χ2n) is 3.63. The highest BCUT2D eigenvalue weighted by atomic mass is 35.5. The first kappa shape index (κ1) is 17.2. The van der Waals surface area contributed by atoms with Gasteiger partial charge in [0, 0.05) is 23.0 Å². The van der Waals surface area contributed by atoms with E-state index in [1.54, 1.807) is 19.1 Å². The number of nitrogens with two attached hydrogens (primary N) is 1. The molecule has 1 rings (SSSR count). The first-order valence-corrected chi connectivity index (χ1v) is 5.95. The highest BCUT2D eigenvalue weighted by Crippen LogP contribution is 2.26. The normalized spacial score (nSPS) is 11.8. The summed E-state index contributed by atoms with van der Waals surface area (Å²) in [6, 6.07) is 6.05. The van der Waals surface area contributed by atoms with Gasteiger partial charge < -0.3 is 11.1 Å². The predicted octanol–water partition coefficient (Wildman–Crippen LogP) is 3.10. The summed E-state index contributed by atoms with van der Waals surface area (Å²) in [5.74, 6) is -2.62. The van der Waals surface area contributed by atoms with E-state index in [-0.39, 0.29) is 30.8 Å². The highest BCUT2D eigenvalue weighted by molar-refractivity contribution is 7.99. The van der Waals surface area contributed by atoms with Crippen molar-refractivity contribution in [1.29, 1.82) is 0 Å². The van der Waals surface area contributed by atoms with Gasteiger partial charge >= 0.3 is 0 Å². The fourth-order valence-electron chi connectivity index (χ4n) is 1.22. The van der Waals surface area contributed by atoms with Crippen molar-refractivity contribution in [3.8, 4) is 0 Å². The van der Waals surface area contributed by atoms with Gasteiger partial charge in [-0.05, 0) is 31.2 Å². The number of carbonyl (C=O) groups excluding carboxylic acids is 1. The fourth-order valence-corrected chi connectivity index (χ4v) is 1.72. The standard InChI is InChI=1S/C11H14F2N2OS.ClH/c1-7(14)6-10(16)15-8-2-4-9(5-3-8)17-11(12)13;/h2-5,7,11H,6,14H2,1H3,(H,15,16);1H. The molecule has 3 N–H and O–H groups in total. The van der Waals surface area contributed by atoms with E-state index < -0.39 is 5.76 Å². The van der Waals surface area contributed by atoms with E-state index in [2.05, 4.69) is 5.32 Å². The maximum Gasteiger partial charge on any atom is 0.288 e. The molecule has 3 nitrogen and oxygen atoms in total. The third kappa shape index (κ3) is 6.78. The molecule has 7 heteroatoms. The number of amides is 1. The first-order valence-electron chi connectivity index (χ1n) is 5.07. The Labute approximate surface area is 115 Å². The van der Waals surface area contributed by atoms with Crippen LogP contribution in [0, 0.1) is 0 Å². The molecule has 0 aromatic heterocycles. The van der Waals surface area contributed by atoms with Crippen molar-refractivity contribution in [2.75, 3.05) is 5.32 Å². The Morgan fingerprint density at radius 3 is 2.39 bits per heavy atom. The van der Waals surface area contributed by atoms with Crippen molar-refractivity contribution < 1.29 is 13.6 Å². The summed E-state index contributed by atoms with van der Waals surface area (Å²) in [4.78, 5) is 11.8. The van der Waals surface area contributed by atoms with E-state index in [9.17, 15) is 13.6 Å². The lowest BCUT2D eigenvalue weighted by Gasteiger charge is -2.07. The Morgan fingerprint density at radius 1 is 1.39 bits per heavy atom. The number of hydrogen-bond acceptors (Lipinski definition) is 3. The average molecular weight is 297 g/mol. The van der Waals surface area contributed by atoms with Crippen LogP contribution in [-0.4, -0.2) is 17.7 Å². The maximum absolute atomic E-state index is 12.1. The second kappa shape index (κ2) is 8.29. The van der Waals surface area contributed by atoms with Gasteiger partial charge in [0.1, 0.15) is 0 Å². The van der Waals surface area contributed by atoms with Crippen molar-refractivity contribution in [3.63, 3.8) is 0 Å². The number of anilines is 1. The summed E-state index contributed by atoms with van der Waals surface area (Å²) in [7, 11) is 0. The molecule has 0 aliphatic heterocycles. The van der Waals surface area contributed by atoms with Crippen LogP contribution in [0.2, 0.25) is 0 Å². The number of alkyl halides is 2. The van der Waals surface area contributed by atoms with Gasteiger partial charge in [-0.3, -0.25) is 4.79 Å². The van der Waals surface area contributed by atoms with E-state index in [1.807, 2.05) is 0 Å². The van der Waals surface area contributed by atoms with Crippen molar-refractivity contribution >= 4 is 35.8 Å². The third-order valence-corrected chi connectivity index (χ3v) is 2.59. The molecule has 0 spiro atoms. The summed E-state index contributed by atoms with van der Waals surface area (Å²) >= 11 is 0.471. The van der Waals surface area contributed by atoms with Gasteiger partial charge in [0.05, 0.1) is 0 Å². The van der Waals surface area contributed by atoms with Crippen LogP contribution in [0.1, 0.15) is 13.3 Å². The molecule has 1 aromatic carbocycles. The van der Waals surface area contributed by atoms with Gasteiger partial charge in [-0.25, -0.2) is 0 Å². The molecular weight excluding hydrogens is 282 g/mol. The Hall–Kier alpha value is -0.850. The number of halogens is 3. The zero-order valence-electron chi connectivity index (χ0n) is 9.73. The van der Waals surface area contributed by atoms with Gasteiger partial charge in [-0.1, -0.05) is 11.8 Å². The molecular formula is C11H15ClF2N2OS. The predicted molar refractivity (Wildman–Crippen MR) is 72.4 cm³/mol. The third-order valence-electron chi connectivity index (χ3n) is 1.87. The Balaban J connectivity index is 0.00000289. The first-order chi connectivity index (χ1) is 7.97. The monoisotopic (exact) mass is 296 g/mol. The summed E-state index contributed by atoms with van der Waals surface area (Å²) in [5, 5.41) is 2.64. The molecule has 0 saturated heterocycles. The van der Waals surface area contributed by atoms with E-state index >= 15 is 0 Å². The molecule has 1 amide bonds. The Bertz CT molecular complexity index is 374. The number of nitrogens with one attached hydrogen (secondary N) is 1. The lowest BCUT2D eigenvalue weighted by atomic mass is 10.2. The second-order valence-corrected chi connectivity index (χ2v) is 4.70. The fraction of sp³-hybridized carbons (Fsp3) is 0.364. The van der Waals surface area contributed by atoms with Gasteiger partial charge in [-0.15, -0.1) is 12.4 Å². The van der Waals surface area contributed by atoms with Crippen LogP contribution in [0.25, 0.3) is 0 Å². The van der Waals surface area contributed by atoms with Crippen LogP contribution in [0.3, 0.4) is 0 Å². The minimum atomic E-state index is -2.44. The van der Waals surface area contributed by atoms with Gasteiger partial charge in [0.15, 0.2) is 0 Å². The molecule has 102 valence electrons. The molecule has 0 aliphatic carbocycles. The lowest BCUT2D eigenvalue weighted by molar-refractivity contribution is -0.116. The zero-order chi connectivity index (χ0) is 12.8. The number of carbonyl (C=O) groups is 1. The number of thioether (sulfide) groups is 1. The molecule has 1 unspecified atom stereocenters. The quantitative estimate of drug-likeness (QED) is 0.821. The summed E-state index contributed by atoms with van der Waals surface area (Å²) in [6.07, 6.45) is 0.230. The van der Waals surface area contributed by atoms with Crippen LogP contribution in [0.5, 0.6) is 0 Å². The van der Waals surface area contributed by atoms with Crippen LogP contribution in [0.15, 0.2) is 29.2 Å². The highest BCUT2D eigenvalue weighted by Gasteiger charge is 2.07. The molecule has 1 atom stereocenters. The van der Waals surface area contributed by atoms with Gasteiger partial charge in [0.25, 0.3) is 5.76 Å². The van der Waals surface area contributed by atoms with Crippen molar-refractivity contribution in [2.45, 2.75) is 30.0 Å². The molecule has 0 radical (unpaired) electrons. The SMILES string of the molecule is CC(N)CC(=O)Nc1ccc(SC(F)F)cc1.Cl. The van der Waals surface area contributed by atoms with E-state index in [1.165, 1.54) is 12.1 Å². The number of hydrogen-bond donors (Lipinski definition) is 2. The van der Waals surface area contributed by atoms with E-state index in [4.69, 9.17) is 5.73 Å². The zero-order valence-corrected chi connectivity index (χ0v) is 11.4.